The first kappa shape index (κ1) is 16.2. The molecule has 6 heteroatoms. The Kier molecular flexibility index (Phi) is 4.31. The van der Waals surface area contributed by atoms with Gasteiger partial charge < -0.3 is 14.1 Å². The van der Waals surface area contributed by atoms with E-state index in [-0.39, 0.29) is 0 Å². The topological polar surface area (TPSA) is 67.6 Å². The van der Waals surface area contributed by atoms with Gasteiger partial charge in [0.2, 0.25) is 0 Å². The average Bonchev–Trinajstić information content (AvgIpc) is 3.11. The smallest absolute Gasteiger partial charge is 0.417 e. The minimum absolute atomic E-state index is 0.351. The fourth-order valence-corrected chi connectivity index (χ4v) is 3.13. The van der Waals surface area contributed by atoms with Crippen molar-refractivity contribution in [1.29, 1.82) is 0 Å². The fraction of sp³-hybridized carbons (Fsp3) is 0.200. The van der Waals surface area contributed by atoms with Crippen molar-refractivity contribution in [2.45, 2.75) is 12.8 Å². The summed E-state index contributed by atoms with van der Waals surface area (Å²) >= 11 is 0. The van der Waals surface area contributed by atoms with Crippen molar-refractivity contribution in [3.8, 4) is 17.1 Å². The number of aryl methyl sites for hydroxylation is 1. The molecule has 4 rings (SSSR count). The highest BCUT2D eigenvalue weighted by molar-refractivity contribution is 5.87. The van der Waals surface area contributed by atoms with Crippen molar-refractivity contribution in [3.05, 3.63) is 60.6 Å². The lowest BCUT2D eigenvalue weighted by Crippen LogP contribution is -2.25. The quantitative estimate of drug-likeness (QED) is 0.762. The predicted octanol–water partition coefficient (Wildman–Crippen LogP) is 4.33. The van der Waals surface area contributed by atoms with E-state index in [4.69, 9.17) is 9.15 Å². The van der Waals surface area contributed by atoms with E-state index in [1.807, 2.05) is 24.3 Å². The Hall–Kier alpha value is -3.28. The number of anilines is 2. The molecule has 0 aliphatic carbocycles. The van der Waals surface area contributed by atoms with Crippen LogP contribution in [0.25, 0.3) is 11.3 Å². The van der Waals surface area contributed by atoms with Crippen LogP contribution in [0.4, 0.5) is 16.2 Å². The van der Waals surface area contributed by atoms with Gasteiger partial charge in [-0.3, -0.25) is 10.3 Å². The summed E-state index contributed by atoms with van der Waals surface area (Å²) in [4.78, 5) is 18.3. The molecule has 1 aromatic carbocycles. The van der Waals surface area contributed by atoms with Crippen molar-refractivity contribution in [2.75, 3.05) is 23.8 Å². The molecule has 3 heterocycles. The molecule has 0 radical (unpaired) electrons. The maximum Gasteiger partial charge on any atom is 0.417 e. The van der Waals surface area contributed by atoms with Crippen LogP contribution in [0.1, 0.15) is 12.0 Å². The average molecular weight is 349 g/mol. The van der Waals surface area contributed by atoms with Crippen LogP contribution in [0.5, 0.6) is 5.75 Å². The molecule has 1 aliphatic heterocycles. The summed E-state index contributed by atoms with van der Waals surface area (Å²) in [5.41, 5.74) is 4.03. The zero-order chi connectivity index (χ0) is 17.9. The predicted molar refractivity (Wildman–Crippen MR) is 99.6 cm³/mol. The number of carbonyl (C=O) groups is 1. The molecule has 0 atom stereocenters. The third-order valence-electron chi connectivity index (χ3n) is 4.43. The summed E-state index contributed by atoms with van der Waals surface area (Å²) in [6, 6.07) is 11.3. The molecule has 0 bridgehead atoms. The van der Waals surface area contributed by atoms with Gasteiger partial charge in [0.05, 0.1) is 0 Å². The number of aromatic nitrogens is 1. The monoisotopic (exact) mass is 349 g/mol. The minimum Gasteiger partial charge on any atom is -0.460 e. The lowest BCUT2D eigenvalue weighted by Gasteiger charge is -2.27. The third kappa shape index (κ3) is 3.39. The molecule has 0 saturated heterocycles. The van der Waals surface area contributed by atoms with Crippen molar-refractivity contribution >= 4 is 17.5 Å². The van der Waals surface area contributed by atoms with Gasteiger partial charge in [-0.15, -0.1) is 0 Å². The third-order valence-corrected chi connectivity index (χ3v) is 4.43. The number of pyridine rings is 1. The van der Waals surface area contributed by atoms with Crippen LogP contribution in [0, 0.1) is 0 Å². The maximum absolute atomic E-state index is 12.2. The van der Waals surface area contributed by atoms with Crippen molar-refractivity contribution in [1.82, 2.24) is 4.98 Å². The Morgan fingerprint density at radius 2 is 2.08 bits per heavy atom. The minimum atomic E-state index is -0.550. The molecular formula is C20H19N3O3. The van der Waals surface area contributed by atoms with Crippen molar-refractivity contribution < 1.29 is 13.9 Å². The molecule has 3 aromatic rings. The summed E-state index contributed by atoms with van der Waals surface area (Å²) in [5.74, 6) is 0.968. The zero-order valence-corrected chi connectivity index (χ0v) is 14.4. The van der Waals surface area contributed by atoms with E-state index < -0.39 is 6.09 Å². The molecule has 2 aromatic heterocycles. The largest absolute Gasteiger partial charge is 0.460 e. The summed E-state index contributed by atoms with van der Waals surface area (Å²) < 4.78 is 10.8. The van der Waals surface area contributed by atoms with Crippen LogP contribution in [-0.2, 0) is 6.42 Å². The maximum atomic E-state index is 12.2. The molecule has 1 N–H and O–H groups in total. The lowest BCUT2D eigenvalue weighted by atomic mass is 10.0. The van der Waals surface area contributed by atoms with E-state index in [2.05, 4.69) is 28.3 Å². The highest BCUT2D eigenvalue weighted by Crippen LogP contribution is 2.29. The van der Waals surface area contributed by atoms with Crippen LogP contribution in [0.15, 0.2) is 59.5 Å². The molecule has 1 amide bonds. The van der Waals surface area contributed by atoms with Gasteiger partial charge in [0.25, 0.3) is 0 Å². The molecule has 0 unspecified atom stereocenters. The van der Waals surface area contributed by atoms with Gasteiger partial charge in [0.1, 0.15) is 12.0 Å². The van der Waals surface area contributed by atoms with Gasteiger partial charge in [0.15, 0.2) is 5.75 Å². The summed E-state index contributed by atoms with van der Waals surface area (Å²) in [6.45, 7) is 1.02. The van der Waals surface area contributed by atoms with Gasteiger partial charge in [-0.05, 0) is 42.7 Å². The zero-order valence-electron chi connectivity index (χ0n) is 14.4. The van der Waals surface area contributed by atoms with Gasteiger partial charge >= 0.3 is 6.09 Å². The van der Waals surface area contributed by atoms with E-state index >= 15 is 0 Å². The van der Waals surface area contributed by atoms with Crippen LogP contribution >= 0.6 is 0 Å². The molecule has 0 saturated carbocycles. The van der Waals surface area contributed by atoms with E-state index in [0.717, 1.165) is 30.6 Å². The summed E-state index contributed by atoms with van der Waals surface area (Å²) in [6.07, 6.45) is 6.44. The van der Waals surface area contributed by atoms with Gasteiger partial charge in [0, 0.05) is 49.0 Å². The number of fused-ring (bicyclic) bond motifs is 1. The number of amides is 1. The normalized spacial score (nSPS) is 13.2. The highest BCUT2D eigenvalue weighted by atomic mass is 16.6. The molecule has 0 fully saturated rings. The van der Waals surface area contributed by atoms with Crippen molar-refractivity contribution in [2.24, 2.45) is 0 Å². The number of hydrogen-bond donors (Lipinski definition) is 1. The van der Waals surface area contributed by atoms with Gasteiger partial charge in [-0.2, -0.15) is 0 Å². The molecular weight excluding hydrogens is 330 g/mol. The SMILES string of the molecule is CN1CCCc2ccc(NC(=O)Oc3coc(-c4ccncc4)c3)cc21. The van der Waals surface area contributed by atoms with Crippen LogP contribution < -0.4 is 15.0 Å². The van der Waals surface area contributed by atoms with E-state index in [0.29, 0.717) is 17.2 Å². The number of rotatable bonds is 3. The van der Waals surface area contributed by atoms with Crippen LogP contribution in [0.3, 0.4) is 0 Å². The van der Waals surface area contributed by atoms with Crippen LogP contribution in [0.2, 0.25) is 0 Å². The lowest BCUT2D eigenvalue weighted by molar-refractivity contribution is 0.214. The number of nitrogens with one attached hydrogen (secondary N) is 1. The molecule has 0 spiro atoms. The second-order valence-electron chi connectivity index (χ2n) is 6.27. The van der Waals surface area contributed by atoms with Gasteiger partial charge in [-0.25, -0.2) is 4.79 Å². The number of nitrogens with zero attached hydrogens (tertiary/aromatic N) is 2. The van der Waals surface area contributed by atoms with E-state index in [1.54, 1.807) is 18.5 Å². The highest BCUT2D eigenvalue weighted by Gasteiger charge is 2.15. The Morgan fingerprint density at radius 1 is 1.23 bits per heavy atom. The second kappa shape index (κ2) is 6.92. The second-order valence-corrected chi connectivity index (χ2v) is 6.27. The molecule has 132 valence electrons. The number of hydrogen-bond acceptors (Lipinski definition) is 5. The van der Waals surface area contributed by atoms with Gasteiger partial charge in [-0.1, -0.05) is 6.07 Å². The van der Waals surface area contributed by atoms with E-state index in [1.165, 1.54) is 11.8 Å². The number of furan rings is 1. The van der Waals surface area contributed by atoms with Crippen LogP contribution in [-0.4, -0.2) is 24.7 Å². The van der Waals surface area contributed by atoms with E-state index in [9.17, 15) is 4.79 Å². The summed E-state index contributed by atoms with van der Waals surface area (Å²) in [5, 5.41) is 2.77. The standard InChI is InChI=1S/C20H19N3O3/c1-23-10-2-3-14-4-5-16(11-18(14)23)22-20(24)26-17-12-19(25-13-17)15-6-8-21-9-7-15/h4-9,11-13H,2-3,10H2,1H3,(H,22,24). The molecule has 26 heavy (non-hydrogen) atoms. The first-order valence-electron chi connectivity index (χ1n) is 8.51. The molecule has 1 aliphatic rings. The fourth-order valence-electron chi connectivity index (χ4n) is 3.13. The Bertz CT molecular complexity index is 921. The Labute approximate surface area is 151 Å². The summed E-state index contributed by atoms with van der Waals surface area (Å²) in [7, 11) is 2.06. The number of carbonyl (C=O) groups excluding carboxylic acids is 1. The van der Waals surface area contributed by atoms with Crippen molar-refractivity contribution in [3.63, 3.8) is 0 Å². The first-order valence-corrected chi connectivity index (χ1v) is 8.51. The first-order chi connectivity index (χ1) is 12.7. The number of benzene rings is 1. The Balaban J connectivity index is 1.43. The number of ether oxygens (including phenoxy) is 1. The molecule has 6 nitrogen and oxygen atoms in total. The Morgan fingerprint density at radius 3 is 2.92 bits per heavy atom.